The van der Waals surface area contributed by atoms with Crippen molar-refractivity contribution in [3.63, 3.8) is 0 Å². The second-order valence-electron chi connectivity index (χ2n) is 4.29. The minimum atomic E-state index is -0.181. The third-order valence-corrected chi connectivity index (χ3v) is 3.22. The minimum Gasteiger partial charge on any atom is -0.309 e. The zero-order valence-electron chi connectivity index (χ0n) is 10.4. The molecular formula is C15H15ClFN. The van der Waals surface area contributed by atoms with E-state index < -0.39 is 0 Å². The summed E-state index contributed by atoms with van der Waals surface area (Å²) in [5.41, 5.74) is 2.74. The van der Waals surface area contributed by atoms with Gasteiger partial charge in [-0.2, -0.15) is 0 Å². The summed E-state index contributed by atoms with van der Waals surface area (Å²) in [6.07, 6.45) is 0. The first-order valence-corrected chi connectivity index (χ1v) is 6.18. The largest absolute Gasteiger partial charge is 0.309 e. The fraction of sp³-hybridized carbons (Fsp3) is 0.200. The Balaban J connectivity index is 2.42. The van der Waals surface area contributed by atoms with Gasteiger partial charge in [0.25, 0.3) is 0 Å². The number of nitrogens with one attached hydrogen (secondary N) is 1. The highest BCUT2D eigenvalue weighted by Gasteiger charge is 2.13. The summed E-state index contributed by atoms with van der Waals surface area (Å²) in [5, 5.41) is 3.93. The number of benzene rings is 2. The van der Waals surface area contributed by atoms with Crippen LogP contribution in [0.2, 0.25) is 5.02 Å². The highest BCUT2D eigenvalue weighted by molar-refractivity contribution is 6.30. The van der Waals surface area contributed by atoms with Crippen LogP contribution in [-0.2, 0) is 0 Å². The molecule has 0 radical (unpaired) electrons. The van der Waals surface area contributed by atoms with Gasteiger partial charge in [-0.25, -0.2) is 4.39 Å². The second kappa shape index (κ2) is 5.51. The van der Waals surface area contributed by atoms with E-state index in [4.69, 9.17) is 11.6 Å². The van der Waals surface area contributed by atoms with Gasteiger partial charge in [-0.1, -0.05) is 35.9 Å². The Morgan fingerprint density at radius 1 is 1.11 bits per heavy atom. The molecule has 0 fully saturated rings. The molecule has 0 saturated heterocycles. The van der Waals surface area contributed by atoms with Gasteiger partial charge in [0, 0.05) is 5.02 Å². The van der Waals surface area contributed by atoms with Crippen molar-refractivity contribution in [3.05, 3.63) is 70.0 Å². The van der Waals surface area contributed by atoms with E-state index in [2.05, 4.69) is 5.32 Å². The Morgan fingerprint density at radius 3 is 2.44 bits per heavy atom. The van der Waals surface area contributed by atoms with Crippen LogP contribution in [0.3, 0.4) is 0 Å². The van der Waals surface area contributed by atoms with Crippen LogP contribution in [-0.4, -0.2) is 7.05 Å². The molecule has 3 heteroatoms. The van der Waals surface area contributed by atoms with E-state index >= 15 is 0 Å². The molecule has 1 nitrogen and oxygen atoms in total. The second-order valence-corrected chi connectivity index (χ2v) is 4.72. The quantitative estimate of drug-likeness (QED) is 0.879. The first-order chi connectivity index (χ1) is 8.61. The highest BCUT2D eigenvalue weighted by Crippen LogP contribution is 2.25. The van der Waals surface area contributed by atoms with E-state index in [9.17, 15) is 4.39 Å². The van der Waals surface area contributed by atoms with E-state index in [-0.39, 0.29) is 11.9 Å². The first kappa shape index (κ1) is 13.1. The van der Waals surface area contributed by atoms with Crippen molar-refractivity contribution < 1.29 is 4.39 Å². The van der Waals surface area contributed by atoms with Crippen molar-refractivity contribution in [3.8, 4) is 0 Å². The smallest absolute Gasteiger partial charge is 0.126 e. The molecule has 0 saturated carbocycles. The lowest BCUT2D eigenvalue weighted by Crippen LogP contribution is -2.17. The van der Waals surface area contributed by atoms with Crippen molar-refractivity contribution in [1.29, 1.82) is 0 Å². The van der Waals surface area contributed by atoms with Gasteiger partial charge in [-0.3, -0.25) is 0 Å². The van der Waals surface area contributed by atoms with Crippen LogP contribution in [0.1, 0.15) is 22.7 Å². The molecule has 0 bridgehead atoms. The molecule has 0 aliphatic carbocycles. The summed E-state index contributed by atoms with van der Waals surface area (Å²) >= 11 is 6.00. The topological polar surface area (TPSA) is 12.0 Å². The van der Waals surface area contributed by atoms with E-state index in [0.29, 0.717) is 10.6 Å². The van der Waals surface area contributed by atoms with Crippen molar-refractivity contribution in [2.24, 2.45) is 0 Å². The van der Waals surface area contributed by atoms with Gasteiger partial charge < -0.3 is 5.32 Å². The average Bonchev–Trinajstić information content (AvgIpc) is 2.35. The number of aryl methyl sites for hydroxylation is 1. The fourth-order valence-corrected chi connectivity index (χ4v) is 2.26. The predicted octanol–water partition coefficient (Wildman–Crippen LogP) is 4.10. The summed E-state index contributed by atoms with van der Waals surface area (Å²) in [7, 11) is 1.88. The molecule has 2 aromatic carbocycles. The van der Waals surface area contributed by atoms with Crippen molar-refractivity contribution in [2.45, 2.75) is 13.0 Å². The van der Waals surface area contributed by atoms with Crippen molar-refractivity contribution in [2.75, 3.05) is 7.05 Å². The minimum absolute atomic E-state index is 0.0167. The van der Waals surface area contributed by atoms with E-state index in [1.165, 1.54) is 6.07 Å². The van der Waals surface area contributed by atoms with Gasteiger partial charge in [-0.15, -0.1) is 0 Å². The van der Waals surface area contributed by atoms with Gasteiger partial charge in [0.15, 0.2) is 0 Å². The van der Waals surface area contributed by atoms with E-state index in [0.717, 1.165) is 11.1 Å². The molecule has 0 aromatic heterocycles. The van der Waals surface area contributed by atoms with Gasteiger partial charge in [-0.05, 0) is 48.9 Å². The third-order valence-electron chi connectivity index (χ3n) is 2.99. The zero-order chi connectivity index (χ0) is 13.1. The maximum Gasteiger partial charge on any atom is 0.126 e. The fourth-order valence-electron chi connectivity index (χ4n) is 2.06. The molecule has 2 rings (SSSR count). The molecule has 1 unspecified atom stereocenters. The van der Waals surface area contributed by atoms with Crippen LogP contribution in [0, 0.1) is 12.7 Å². The van der Waals surface area contributed by atoms with Crippen molar-refractivity contribution >= 4 is 11.6 Å². The third kappa shape index (κ3) is 2.71. The molecule has 1 N–H and O–H groups in total. The standard InChI is InChI=1S/C15H15ClFN/c1-10-8-12(6-7-14(10)17)15(18-2)11-4-3-5-13(16)9-11/h3-9,15,18H,1-2H3. The van der Waals surface area contributed by atoms with Crippen LogP contribution in [0.15, 0.2) is 42.5 Å². The lowest BCUT2D eigenvalue weighted by Gasteiger charge is -2.18. The van der Waals surface area contributed by atoms with Gasteiger partial charge in [0.2, 0.25) is 0 Å². The molecule has 1 atom stereocenters. The SMILES string of the molecule is CNC(c1cccc(Cl)c1)c1ccc(F)c(C)c1. The number of halogens is 2. The van der Waals surface area contributed by atoms with Gasteiger partial charge in [0.1, 0.15) is 5.82 Å². The number of hydrogen-bond donors (Lipinski definition) is 1. The zero-order valence-corrected chi connectivity index (χ0v) is 11.1. The van der Waals surface area contributed by atoms with Crippen LogP contribution in [0.25, 0.3) is 0 Å². The summed E-state index contributed by atoms with van der Waals surface area (Å²) in [4.78, 5) is 0. The molecular weight excluding hydrogens is 249 g/mol. The summed E-state index contributed by atoms with van der Waals surface area (Å²) in [6, 6.07) is 12.9. The molecule has 0 aliphatic rings. The Bertz CT molecular complexity index is 554. The Morgan fingerprint density at radius 2 is 1.83 bits per heavy atom. The Labute approximate surface area is 112 Å². The van der Waals surface area contributed by atoms with Gasteiger partial charge in [0.05, 0.1) is 6.04 Å². The highest BCUT2D eigenvalue weighted by atomic mass is 35.5. The Hall–Kier alpha value is -1.38. The molecule has 0 amide bonds. The molecule has 0 aliphatic heterocycles. The molecule has 18 heavy (non-hydrogen) atoms. The van der Waals surface area contributed by atoms with Crippen LogP contribution in [0.5, 0.6) is 0 Å². The normalized spacial score (nSPS) is 12.4. The van der Waals surface area contributed by atoms with Crippen LogP contribution in [0.4, 0.5) is 4.39 Å². The summed E-state index contributed by atoms with van der Waals surface area (Å²) in [5.74, 6) is -0.181. The van der Waals surface area contributed by atoms with Gasteiger partial charge >= 0.3 is 0 Å². The lowest BCUT2D eigenvalue weighted by molar-refractivity contribution is 0.614. The predicted molar refractivity (Wildman–Crippen MR) is 73.5 cm³/mol. The summed E-state index contributed by atoms with van der Waals surface area (Å²) < 4.78 is 13.3. The maximum absolute atomic E-state index is 13.3. The molecule has 94 valence electrons. The van der Waals surface area contributed by atoms with Crippen molar-refractivity contribution in [1.82, 2.24) is 5.32 Å². The van der Waals surface area contributed by atoms with Crippen LogP contribution < -0.4 is 5.32 Å². The molecule has 0 heterocycles. The monoisotopic (exact) mass is 263 g/mol. The molecule has 0 spiro atoms. The Kier molecular flexibility index (Phi) is 4.00. The van der Waals surface area contributed by atoms with E-state index in [1.54, 1.807) is 13.0 Å². The molecule has 2 aromatic rings. The lowest BCUT2D eigenvalue weighted by atomic mass is 9.97. The maximum atomic E-state index is 13.3. The first-order valence-electron chi connectivity index (χ1n) is 5.80. The average molecular weight is 264 g/mol. The number of rotatable bonds is 3. The summed E-state index contributed by atoms with van der Waals surface area (Å²) in [6.45, 7) is 1.77. The van der Waals surface area contributed by atoms with Crippen LogP contribution >= 0.6 is 11.6 Å². The van der Waals surface area contributed by atoms with E-state index in [1.807, 2.05) is 37.4 Å². The number of hydrogen-bond acceptors (Lipinski definition) is 1.